The summed E-state index contributed by atoms with van der Waals surface area (Å²) in [5.74, 6) is 0. The van der Waals surface area contributed by atoms with Gasteiger partial charge in [0.25, 0.3) is 0 Å². The number of hydrogen-bond donors (Lipinski definition) is 1. The van der Waals surface area contributed by atoms with Crippen LogP contribution >= 0.6 is 0 Å². The SMILES string of the molecule is NC(=O)OCC1CCO1. The molecule has 1 aliphatic rings. The van der Waals surface area contributed by atoms with E-state index in [9.17, 15) is 4.79 Å². The van der Waals surface area contributed by atoms with Crippen molar-refractivity contribution >= 4 is 6.09 Å². The Morgan fingerprint density at radius 1 is 1.89 bits per heavy atom. The summed E-state index contributed by atoms with van der Waals surface area (Å²) in [6.07, 6.45) is 0.329. The fourth-order valence-corrected chi connectivity index (χ4v) is 0.591. The lowest BCUT2D eigenvalue weighted by atomic mass is 10.2. The molecule has 0 aromatic heterocycles. The first-order valence-electron chi connectivity index (χ1n) is 2.83. The molecule has 0 radical (unpaired) electrons. The maximum Gasteiger partial charge on any atom is 0.404 e. The monoisotopic (exact) mass is 131 g/mol. The quantitative estimate of drug-likeness (QED) is 0.567. The molecule has 4 heteroatoms. The summed E-state index contributed by atoms with van der Waals surface area (Å²) in [6.45, 7) is 1.07. The van der Waals surface area contributed by atoms with E-state index in [-0.39, 0.29) is 6.10 Å². The van der Waals surface area contributed by atoms with Crippen LogP contribution in [0.2, 0.25) is 0 Å². The molecule has 2 N–H and O–H groups in total. The third kappa shape index (κ3) is 1.89. The second-order valence-corrected chi connectivity index (χ2v) is 1.91. The number of ether oxygens (including phenoxy) is 2. The summed E-state index contributed by atoms with van der Waals surface area (Å²) < 4.78 is 9.41. The van der Waals surface area contributed by atoms with Gasteiger partial charge in [-0.15, -0.1) is 0 Å². The number of nitrogens with two attached hydrogens (primary N) is 1. The predicted molar refractivity (Wildman–Crippen MR) is 29.9 cm³/mol. The molecule has 1 rings (SSSR count). The van der Waals surface area contributed by atoms with Crippen LogP contribution in [0, 0.1) is 0 Å². The molecule has 1 unspecified atom stereocenters. The van der Waals surface area contributed by atoms with E-state index in [1.54, 1.807) is 0 Å². The van der Waals surface area contributed by atoms with Gasteiger partial charge >= 0.3 is 6.09 Å². The van der Waals surface area contributed by atoms with E-state index in [1.807, 2.05) is 0 Å². The first-order valence-corrected chi connectivity index (χ1v) is 2.83. The van der Waals surface area contributed by atoms with Crippen LogP contribution < -0.4 is 5.73 Å². The first-order chi connectivity index (χ1) is 4.29. The zero-order valence-electron chi connectivity index (χ0n) is 5.00. The minimum atomic E-state index is -0.731. The van der Waals surface area contributed by atoms with Gasteiger partial charge in [-0.3, -0.25) is 0 Å². The highest BCUT2D eigenvalue weighted by molar-refractivity contribution is 5.64. The van der Waals surface area contributed by atoms with Crippen molar-refractivity contribution in [2.45, 2.75) is 12.5 Å². The standard InChI is InChI=1S/C5H9NO3/c6-5(7)9-3-4-1-2-8-4/h4H,1-3H2,(H2,6,7). The fourth-order valence-electron chi connectivity index (χ4n) is 0.591. The molecule has 0 saturated carbocycles. The van der Waals surface area contributed by atoms with Gasteiger partial charge in [-0.05, 0) is 0 Å². The van der Waals surface area contributed by atoms with E-state index in [1.165, 1.54) is 0 Å². The van der Waals surface area contributed by atoms with Crippen LogP contribution in [0.1, 0.15) is 6.42 Å². The summed E-state index contributed by atoms with van der Waals surface area (Å²) >= 11 is 0. The normalized spacial score (nSPS) is 24.7. The van der Waals surface area contributed by atoms with E-state index in [0.717, 1.165) is 13.0 Å². The average Bonchev–Trinajstić information content (AvgIpc) is 1.60. The number of hydrogen-bond acceptors (Lipinski definition) is 3. The van der Waals surface area contributed by atoms with Crippen LogP contribution in [-0.4, -0.2) is 25.4 Å². The Morgan fingerprint density at radius 3 is 2.89 bits per heavy atom. The summed E-state index contributed by atoms with van der Waals surface area (Å²) in [5.41, 5.74) is 4.70. The molecule has 0 aromatic carbocycles. The molecule has 0 aliphatic carbocycles. The van der Waals surface area contributed by atoms with Crippen molar-refractivity contribution in [3.8, 4) is 0 Å². The number of carbonyl (C=O) groups excluding carboxylic acids is 1. The maximum absolute atomic E-state index is 9.99. The molecular formula is C5H9NO3. The van der Waals surface area contributed by atoms with Crippen LogP contribution in [0.4, 0.5) is 4.79 Å². The topological polar surface area (TPSA) is 61.6 Å². The molecular weight excluding hydrogens is 122 g/mol. The van der Waals surface area contributed by atoms with Crippen molar-refractivity contribution < 1.29 is 14.3 Å². The van der Waals surface area contributed by atoms with Crippen LogP contribution in [0.3, 0.4) is 0 Å². The molecule has 52 valence electrons. The van der Waals surface area contributed by atoms with Crippen LogP contribution in [0.25, 0.3) is 0 Å². The molecule has 1 heterocycles. The lowest BCUT2D eigenvalue weighted by Gasteiger charge is -2.25. The molecule has 1 fully saturated rings. The van der Waals surface area contributed by atoms with Gasteiger partial charge < -0.3 is 15.2 Å². The lowest BCUT2D eigenvalue weighted by molar-refractivity contribution is -0.0787. The summed E-state index contributed by atoms with van der Waals surface area (Å²) in [6, 6.07) is 0. The number of carbonyl (C=O) groups is 1. The highest BCUT2D eigenvalue weighted by atomic mass is 16.6. The Balaban J connectivity index is 1.97. The predicted octanol–water partition coefficient (Wildman–Crippen LogP) is -0.129. The number of primary amides is 1. The van der Waals surface area contributed by atoms with Crippen molar-refractivity contribution in [1.82, 2.24) is 0 Å². The van der Waals surface area contributed by atoms with Gasteiger partial charge in [0.2, 0.25) is 0 Å². The van der Waals surface area contributed by atoms with Gasteiger partial charge in [-0.2, -0.15) is 0 Å². The van der Waals surface area contributed by atoms with Crippen molar-refractivity contribution in [2.24, 2.45) is 5.73 Å². The fraction of sp³-hybridized carbons (Fsp3) is 0.800. The van der Waals surface area contributed by atoms with Crippen LogP contribution in [0.15, 0.2) is 0 Å². The highest BCUT2D eigenvalue weighted by Gasteiger charge is 2.18. The number of amides is 1. The van der Waals surface area contributed by atoms with E-state index in [4.69, 9.17) is 10.5 Å². The largest absolute Gasteiger partial charge is 0.447 e. The maximum atomic E-state index is 9.99. The van der Waals surface area contributed by atoms with Crippen molar-refractivity contribution in [1.29, 1.82) is 0 Å². The minimum absolute atomic E-state index is 0.0949. The molecule has 0 bridgehead atoms. The van der Waals surface area contributed by atoms with E-state index in [0.29, 0.717) is 6.61 Å². The minimum Gasteiger partial charge on any atom is -0.447 e. The highest BCUT2D eigenvalue weighted by Crippen LogP contribution is 2.10. The van der Waals surface area contributed by atoms with Gasteiger partial charge in [-0.25, -0.2) is 4.79 Å². The molecule has 4 nitrogen and oxygen atoms in total. The van der Waals surface area contributed by atoms with Gasteiger partial charge in [0.15, 0.2) is 0 Å². The van der Waals surface area contributed by atoms with Crippen molar-refractivity contribution in [3.63, 3.8) is 0 Å². The average molecular weight is 131 g/mol. The summed E-state index contributed by atoms with van der Waals surface area (Å²) in [5, 5.41) is 0. The Bertz CT molecular complexity index is 111. The molecule has 9 heavy (non-hydrogen) atoms. The molecule has 1 atom stereocenters. The zero-order chi connectivity index (χ0) is 6.69. The smallest absolute Gasteiger partial charge is 0.404 e. The van der Waals surface area contributed by atoms with Gasteiger partial charge in [0, 0.05) is 13.0 Å². The third-order valence-corrected chi connectivity index (χ3v) is 1.20. The Kier molecular flexibility index (Phi) is 1.89. The third-order valence-electron chi connectivity index (χ3n) is 1.20. The van der Waals surface area contributed by atoms with Gasteiger partial charge in [0.1, 0.15) is 6.61 Å². The second-order valence-electron chi connectivity index (χ2n) is 1.91. The number of rotatable bonds is 2. The summed E-state index contributed by atoms with van der Waals surface area (Å²) in [7, 11) is 0. The second kappa shape index (κ2) is 2.68. The molecule has 1 aliphatic heterocycles. The Labute approximate surface area is 52.9 Å². The van der Waals surface area contributed by atoms with Crippen molar-refractivity contribution in [2.75, 3.05) is 13.2 Å². The van der Waals surface area contributed by atoms with Crippen molar-refractivity contribution in [3.05, 3.63) is 0 Å². The Morgan fingerprint density at radius 2 is 2.56 bits per heavy atom. The molecule has 1 saturated heterocycles. The molecule has 0 spiro atoms. The Hall–Kier alpha value is -0.770. The van der Waals surface area contributed by atoms with Crippen LogP contribution in [0.5, 0.6) is 0 Å². The van der Waals surface area contributed by atoms with E-state index >= 15 is 0 Å². The van der Waals surface area contributed by atoms with E-state index in [2.05, 4.69) is 4.74 Å². The molecule has 0 aromatic rings. The summed E-state index contributed by atoms with van der Waals surface area (Å²) in [4.78, 5) is 9.99. The molecule has 1 amide bonds. The van der Waals surface area contributed by atoms with E-state index < -0.39 is 6.09 Å². The van der Waals surface area contributed by atoms with Gasteiger partial charge in [-0.1, -0.05) is 0 Å². The first kappa shape index (κ1) is 6.35. The lowest BCUT2D eigenvalue weighted by Crippen LogP contribution is -2.33. The van der Waals surface area contributed by atoms with Crippen LogP contribution in [-0.2, 0) is 9.47 Å². The zero-order valence-corrected chi connectivity index (χ0v) is 5.00. The van der Waals surface area contributed by atoms with Gasteiger partial charge in [0.05, 0.1) is 6.10 Å².